The highest BCUT2D eigenvalue weighted by atomic mass is 79.9. The van der Waals surface area contributed by atoms with Crippen molar-refractivity contribution in [3.05, 3.63) is 34.6 Å². The van der Waals surface area contributed by atoms with Gasteiger partial charge in [0.15, 0.2) is 5.82 Å². The Kier molecular flexibility index (Phi) is 4.08. The zero-order chi connectivity index (χ0) is 12.1. The minimum atomic E-state index is 0.634. The molecule has 0 amide bonds. The van der Waals surface area contributed by atoms with Gasteiger partial charge in [0.1, 0.15) is 0 Å². The topological polar surface area (TPSA) is 55.6 Å². The molecule has 0 saturated carbocycles. The van der Waals surface area contributed by atoms with Crippen LogP contribution in [-0.2, 0) is 13.1 Å². The van der Waals surface area contributed by atoms with Crippen LogP contribution in [0.4, 0.5) is 5.69 Å². The normalized spacial score (nSPS) is 10.5. The zero-order valence-electron chi connectivity index (χ0n) is 9.60. The second-order valence-electron chi connectivity index (χ2n) is 3.68. The Labute approximate surface area is 108 Å². The molecule has 0 atom stereocenters. The fraction of sp³-hybridized carbons (Fsp3) is 0.364. The number of halogens is 1. The first-order valence-corrected chi connectivity index (χ1v) is 6.33. The standard InChI is InChI=1S/C11H14BrN5/c1-2-7-17-11(14-15-16-17)8-13-10-5-3-9(12)4-6-10/h3-6,13H,2,7-8H2,1H3. The molecule has 0 spiro atoms. The highest BCUT2D eigenvalue weighted by Gasteiger charge is 2.04. The summed E-state index contributed by atoms with van der Waals surface area (Å²) in [5.41, 5.74) is 1.05. The molecule has 5 nitrogen and oxygen atoms in total. The number of aromatic nitrogens is 4. The number of aryl methyl sites for hydroxylation is 1. The van der Waals surface area contributed by atoms with Crippen LogP contribution in [0.1, 0.15) is 19.2 Å². The third kappa shape index (κ3) is 3.26. The molecule has 0 aliphatic heterocycles. The summed E-state index contributed by atoms with van der Waals surface area (Å²) in [6.07, 6.45) is 1.02. The van der Waals surface area contributed by atoms with Crippen molar-refractivity contribution in [3.8, 4) is 0 Å². The lowest BCUT2D eigenvalue weighted by Gasteiger charge is -2.06. The molecule has 1 N–H and O–H groups in total. The summed E-state index contributed by atoms with van der Waals surface area (Å²) in [7, 11) is 0. The maximum Gasteiger partial charge on any atom is 0.170 e. The molecular formula is C11H14BrN5. The van der Waals surface area contributed by atoms with E-state index in [0.717, 1.165) is 29.0 Å². The first-order chi connectivity index (χ1) is 8.29. The zero-order valence-corrected chi connectivity index (χ0v) is 11.2. The Morgan fingerprint density at radius 2 is 2.06 bits per heavy atom. The van der Waals surface area contributed by atoms with Crippen LogP contribution >= 0.6 is 15.9 Å². The summed E-state index contributed by atoms with van der Waals surface area (Å²) >= 11 is 3.40. The van der Waals surface area contributed by atoms with Gasteiger partial charge in [-0.3, -0.25) is 0 Å². The van der Waals surface area contributed by atoms with Crippen molar-refractivity contribution >= 4 is 21.6 Å². The van der Waals surface area contributed by atoms with E-state index in [2.05, 4.69) is 43.7 Å². The van der Waals surface area contributed by atoms with Crippen LogP contribution in [0.25, 0.3) is 0 Å². The van der Waals surface area contributed by atoms with Crippen molar-refractivity contribution in [1.29, 1.82) is 0 Å². The molecule has 2 aromatic rings. The lowest BCUT2D eigenvalue weighted by Crippen LogP contribution is -2.09. The monoisotopic (exact) mass is 295 g/mol. The van der Waals surface area contributed by atoms with E-state index < -0.39 is 0 Å². The molecule has 0 aliphatic carbocycles. The molecule has 0 aliphatic rings. The number of tetrazole rings is 1. The maximum absolute atomic E-state index is 4.00. The molecule has 0 unspecified atom stereocenters. The summed E-state index contributed by atoms with van der Waals surface area (Å²) in [5.74, 6) is 0.856. The summed E-state index contributed by atoms with van der Waals surface area (Å²) in [4.78, 5) is 0. The minimum absolute atomic E-state index is 0.634. The molecule has 2 rings (SSSR count). The van der Waals surface area contributed by atoms with E-state index >= 15 is 0 Å². The van der Waals surface area contributed by atoms with Gasteiger partial charge >= 0.3 is 0 Å². The lowest BCUT2D eigenvalue weighted by molar-refractivity contribution is 0.558. The van der Waals surface area contributed by atoms with Gasteiger partial charge in [0, 0.05) is 16.7 Å². The van der Waals surface area contributed by atoms with Gasteiger partial charge in [-0.25, -0.2) is 4.68 Å². The van der Waals surface area contributed by atoms with Gasteiger partial charge in [-0.15, -0.1) is 5.10 Å². The molecule has 1 aromatic carbocycles. The predicted octanol–water partition coefficient (Wildman–Crippen LogP) is 2.46. The van der Waals surface area contributed by atoms with Crippen molar-refractivity contribution in [1.82, 2.24) is 20.2 Å². The maximum atomic E-state index is 4.00. The SMILES string of the molecule is CCCn1nnnc1CNc1ccc(Br)cc1. The second-order valence-corrected chi connectivity index (χ2v) is 4.59. The molecule has 0 radical (unpaired) electrons. The average Bonchev–Trinajstić information content (AvgIpc) is 2.77. The number of rotatable bonds is 5. The molecule has 0 fully saturated rings. The Morgan fingerprint density at radius 1 is 1.29 bits per heavy atom. The van der Waals surface area contributed by atoms with Crippen LogP contribution < -0.4 is 5.32 Å². The van der Waals surface area contributed by atoms with Crippen molar-refractivity contribution in [3.63, 3.8) is 0 Å². The number of anilines is 1. The first kappa shape index (κ1) is 12.0. The second kappa shape index (κ2) is 5.77. The van der Waals surface area contributed by atoms with Gasteiger partial charge in [-0.05, 0) is 41.1 Å². The van der Waals surface area contributed by atoms with Crippen LogP contribution in [0.3, 0.4) is 0 Å². The third-order valence-electron chi connectivity index (χ3n) is 2.34. The predicted molar refractivity (Wildman–Crippen MR) is 69.6 cm³/mol. The summed E-state index contributed by atoms with van der Waals surface area (Å²) < 4.78 is 2.89. The van der Waals surface area contributed by atoms with Gasteiger partial charge in [0.25, 0.3) is 0 Å². The summed E-state index contributed by atoms with van der Waals surface area (Å²) in [6.45, 7) is 3.59. The van der Waals surface area contributed by atoms with E-state index in [-0.39, 0.29) is 0 Å². The highest BCUT2D eigenvalue weighted by molar-refractivity contribution is 9.10. The van der Waals surface area contributed by atoms with Gasteiger partial charge < -0.3 is 5.32 Å². The van der Waals surface area contributed by atoms with E-state index in [0.29, 0.717) is 6.54 Å². The minimum Gasteiger partial charge on any atom is -0.378 e. The summed E-state index contributed by atoms with van der Waals surface area (Å²) in [5, 5.41) is 14.9. The van der Waals surface area contributed by atoms with Crippen LogP contribution in [0.2, 0.25) is 0 Å². The van der Waals surface area contributed by atoms with Gasteiger partial charge in [-0.2, -0.15) is 0 Å². The van der Waals surface area contributed by atoms with E-state index in [1.165, 1.54) is 0 Å². The van der Waals surface area contributed by atoms with Crippen molar-refractivity contribution in [2.24, 2.45) is 0 Å². The van der Waals surface area contributed by atoms with Crippen molar-refractivity contribution in [2.75, 3.05) is 5.32 Å². The van der Waals surface area contributed by atoms with E-state index in [4.69, 9.17) is 0 Å². The highest BCUT2D eigenvalue weighted by Crippen LogP contribution is 2.14. The number of nitrogens with one attached hydrogen (secondary N) is 1. The largest absolute Gasteiger partial charge is 0.378 e. The van der Waals surface area contributed by atoms with Gasteiger partial charge in [-0.1, -0.05) is 22.9 Å². The average molecular weight is 296 g/mol. The van der Waals surface area contributed by atoms with Crippen LogP contribution in [-0.4, -0.2) is 20.2 Å². The number of benzene rings is 1. The first-order valence-electron chi connectivity index (χ1n) is 5.54. The molecule has 6 heteroatoms. The van der Waals surface area contributed by atoms with Crippen molar-refractivity contribution in [2.45, 2.75) is 26.4 Å². The Balaban J connectivity index is 1.97. The number of hydrogen-bond donors (Lipinski definition) is 1. The molecule has 0 saturated heterocycles. The Bertz CT molecular complexity index is 465. The van der Waals surface area contributed by atoms with Crippen molar-refractivity contribution < 1.29 is 0 Å². The molecule has 90 valence electrons. The molecule has 0 bridgehead atoms. The van der Waals surface area contributed by atoms with Crippen LogP contribution in [0.15, 0.2) is 28.7 Å². The molecule has 17 heavy (non-hydrogen) atoms. The van der Waals surface area contributed by atoms with Gasteiger partial charge in [0.2, 0.25) is 0 Å². The number of nitrogens with zero attached hydrogens (tertiary/aromatic N) is 4. The Morgan fingerprint density at radius 3 is 2.76 bits per heavy atom. The fourth-order valence-electron chi connectivity index (χ4n) is 1.48. The Hall–Kier alpha value is -1.43. The third-order valence-corrected chi connectivity index (χ3v) is 2.86. The molecular weight excluding hydrogens is 282 g/mol. The molecule has 1 heterocycles. The van der Waals surface area contributed by atoms with Gasteiger partial charge in [0.05, 0.1) is 6.54 Å². The number of hydrogen-bond acceptors (Lipinski definition) is 4. The van der Waals surface area contributed by atoms with E-state index in [1.807, 2.05) is 28.9 Å². The smallest absolute Gasteiger partial charge is 0.170 e. The fourth-order valence-corrected chi connectivity index (χ4v) is 1.75. The lowest BCUT2D eigenvalue weighted by atomic mass is 10.3. The van der Waals surface area contributed by atoms with E-state index in [9.17, 15) is 0 Å². The molecule has 1 aromatic heterocycles. The summed E-state index contributed by atoms with van der Waals surface area (Å²) in [6, 6.07) is 8.02. The van der Waals surface area contributed by atoms with Crippen LogP contribution in [0, 0.1) is 0 Å². The van der Waals surface area contributed by atoms with E-state index in [1.54, 1.807) is 0 Å². The quantitative estimate of drug-likeness (QED) is 0.921. The van der Waals surface area contributed by atoms with Crippen LogP contribution in [0.5, 0.6) is 0 Å².